The molecule has 1 heterocycles. The second-order valence-corrected chi connectivity index (χ2v) is 4.77. The average molecular weight is 210 g/mol. The van der Waals surface area contributed by atoms with Crippen LogP contribution in [0.2, 0.25) is 0 Å². The number of carbonyl (C=O) groups excluding carboxylic acids is 1. The second kappa shape index (κ2) is 4.97. The highest BCUT2D eigenvalue weighted by atomic mass is 16.2. The fraction of sp³-hybridized carbons (Fsp3) is 0.917. The molecule has 15 heavy (non-hydrogen) atoms. The van der Waals surface area contributed by atoms with Gasteiger partial charge in [0.15, 0.2) is 0 Å². The summed E-state index contributed by atoms with van der Waals surface area (Å²) in [4.78, 5) is 14.3. The first kappa shape index (κ1) is 10.9. The molecule has 0 radical (unpaired) electrons. The van der Waals surface area contributed by atoms with Crippen LogP contribution in [0.5, 0.6) is 0 Å². The molecule has 0 bridgehead atoms. The van der Waals surface area contributed by atoms with Crippen LogP contribution in [0.4, 0.5) is 0 Å². The summed E-state index contributed by atoms with van der Waals surface area (Å²) < 4.78 is 0. The van der Waals surface area contributed by atoms with Crippen LogP contribution in [0.15, 0.2) is 0 Å². The van der Waals surface area contributed by atoms with Crippen molar-refractivity contribution >= 4 is 5.91 Å². The van der Waals surface area contributed by atoms with Gasteiger partial charge in [-0.1, -0.05) is 13.3 Å². The van der Waals surface area contributed by atoms with E-state index < -0.39 is 0 Å². The zero-order valence-corrected chi connectivity index (χ0v) is 9.67. The lowest BCUT2D eigenvalue weighted by atomic mass is 10.0. The summed E-state index contributed by atoms with van der Waals surface area (Å²) in [6.07, 6.45) is 6.98. The zero-order chi connectivity index (χ0) is 10.7. The first-order valence-electron chi connectivity index (χ1n) is 6.36. The van der Waals surface area contributed by atoms with E-state index in [0.717, 1.165) is 25.9 Å². The maximum Gasteiger partial charge on any atom is 0.239 e. The zero-order valence-electron chi connectivity index (χ0n) is 9.67. The SMILES string of the molecule is CCCN(C(=O)C1CCCCN1)C1CC1. The summed E-state index contributed by atoms with van der Waals surface area (Å²) in [5, 5.41) is 3.35. The van der Waals surface area contributed by atoms with Crippen LogP contribution >= 0.6 is 0 Å². The van der Waals surface area contributed by atoms with E-state index in [1.54, 1.807) is 0 Å². The fourth-order valence-electron chi connectivity index (χ4n) is 2.36. The first-order valence-corrected chi connectivity index (χ1v) is 6.36. The van der Waals surface area contributed by atoms with Gasteiger partial charge in [0.2, 0.25) is 5.91 Å². The Hall–Kier alpha value is -0.570. The molecule has 2 aliphatic rings. The van der Waals surface area contributed by atoms with Gasteiger partial charge in [0.25, 0.3) is 0 Å². The largest absolute Gasteiger partial charge is 0.338 e. The van der Waals surface area contributed by atoms with E-state index in [9.17, 15) is 4.79 Å². The van der Waals surface area contributed by atoms with Gasteiger partial charge in [-0.3, -0.25) is 4.79 Å². The highest BCUT2D eigenvalue weighted by Crippen LogP contribution is 2.28. The molecule has 1 unspecified atom stereocenters. The summed E-state index contributed by atoms with van der Waals surface area (Å²) in [7, 11) is 0. The maximum atomic E-state index is 12.2. The lowest BCUT2D eigenvalue weighted by Gasteiger charge is -2.30. The van der Waals surface area contributed by atoms with Crippen LogP contribution in [-0.2, 0) is 4.79 Å². The van der Waals surface area contributed by atoms with Crippen LogP contribution < -0.4 is 5.32 Å². The van der Waals surface area contributed by atoms with Crippen LogP contribution in [0.1, 0.15) is 45.4 Å². The van der Waals surface area contributed by atoms with Crippen molar-refractivity contribution in [2.24, 2.45) is 0 Å². The molecule has 1 atom stereocenters. The standard InChI is InChI=1S/C12H22N2O/c1-2-9-14(10-6-7-10)12(15)11-5-3-4-8-13-11/h10-11,13H,2-9H2,1H3. The summed E-state index contributed by atoms with van der Waals surface area (Å²) in [5.74, 6) is 0.360. The van der Waals surface area contributed by atoms with Crippen molar-refractivity contribution in [2.45, 2.75) is 57.5 Å². The molecule has 1 amide bonds. The number of hydrogen-bond donors (Lipinski definition) is 1. The van der Waals surface area contributed by atoms with Crippen molar-refractivity contribution in [1.29, 1.82) is 0 Å². The molecule has 0 aromatic rings. The van der Waals surface area contributed by atoms with E-state index in [4.69, 9.17) is 0 Å². The molecule has 86 valence electrons. The highest BCUT2D eigenvalue weighted by molar-refractivity contribution is 5.82. The third-order valence-electron chi connectivity index (χ3n) is 3.34. The van der Waals surface area contributed by atoms with Gasteiger partial charge < -0.3 is 10.2 Å². The number of nitrogens with zero attached hydrogens (tertiary/aromatic N) is 1. The van der Waals surface area contributed by atoms with Crippen molar-refractivity contribution in [3.63, 3.8) is 0 Å². The van der Waals surface area contributed by atoms with Crippen molar-refractivity contribution in [1.82, 2.24) is 10.2 Å². The van der Waals surface area contributed by atoms with Crippen molar-refractivity contribution in [3.05, 3.63) is 0 Å². The molecule has 1 saturated heterocycles. The normalized spacial score (nSPS) is 26.3. The Morgan fingerprint density at radius 3 is 2.67 bits per heavy atom. The van der Waals surface area contributed by atoms with E-state index in [1.165, 1.54) is 25.7 Å². The monoisotopic (exact) mass is 210 g/mol. The number of hydrogen-bond acceptors (Lipinski definition) is 2. The molecule has 0 aromatic heterocycles. The third-order valence-corrected chi connectivity index (χ3v) is 3.34. The summed E-state index contributed by atoms with van der Waals surface area (Å²) in [5.41, 5.74) is 0. The number of rotatable bonds is 4. The van der Waals surface area contributed by atoms with Crippen LogP contribution in [-0.4, -0.2) is 36.0 Å². The fourth-order valence-corrected chi connectivity index (χ4v) is 2.36. The molecule has 1 saturated carbocycles. The molecular weight excluding hydrogens is 188 g/mol. The van der Waals surface area contributed by atoms with Gasteiger partial charge in [0, 0.05) is 12.6 Å². The van der Waals surface area contributed by atoms with E-state index in [2.05, 4.69) is 17.1 Å². The molecule has 2 rings (SSSR count). The second-order valence-electron chi connectivity index (χ2n) is 4.77. The Balaban J connectivity index is 1.90. The predicted molar refractivity (Wildman–Crippen MR) is 60.7 cm³/mol. The van der Waals surface area contributed by atoms with Gasteiger partial charge in [0.05, 0.1) is 6.04 Å². The van der Waals surface area contributed by atoms with Crippen molar-refractivity contribution < 1.29 is 4.79 Å². The summed E-state index contributed by atoms with van der Waals surface area (Å²) in [6.45, 7) is 4.11. The molecule has 0 aromatic carbocycles. The molecule has 1 N–H and O–H groups in total. The molecule has 2 fully saturated rings. The van der Waals surface area contributed by atoms with Gasteiger partial charge in [-0.15, -0.1) is 0 Å². The minimum absolute atomic E-state index is 0.117. The van der Waals surface area contributed by atoms with Gasteiger partial charge in [-0.05, 0) is 38.6 Å². The molecule has 3 heteroatoms. The Morgan fingerprint density at radius 2 is 2.13 bits per heavy atom. The smallest absolute Gasteiger partial charge is 0.239 e. The topological polar surface area (TPSA) is 32.3 Å². The van der Waals surface area contributed by atoms with Crippen molar-refractivity contribution in [2.75, 3.05) is 13.1 Å². The third kappa shape index (κ3) is 2.71. The van der Waals surface area contributed by atoms with E-state index >= 15 is 0 Å². The first-order chi connectivity index (χ1) is 7.33. The number of nitrogens with one attached hydrogen (secondary N) is 1. The van der Waals surface area contributed by atoms with Gasteiger partial charge in [-0.2, -0.15) is 0 Å². The number of amides is 1. The van der Waals surface area contributed by atoms with Gasteiger partial charge in [0.1, 0.15) is 0 Å². The van der Waals surface area contributed by atoms with Crippen LogP contribution in [0.25, 0.3) is 0 Å². The Bertz CT molecular complexity index is 220. The predicted octanol–water partition coefficient (Wildman–Crippen LogP) is 1.53. The Morgan fingerprint density at radius 1 is 1.33 bits per heavy atom. The van der Waals surface area contributed by atoms with Crippen molar-refractivity contribution in [3.8, 4) is 0 Å². The van der Waals surface area contributed by atoms with Crippen LogP contribution in [0.3, 0.4) is 0 Å². The lowest BCUT2D eigenvalue weighted by molar-refractivity contribution is -0.134. The Kier molecular flexibility index (Phi) is 3.62. The number of piperidine rings is 1. The van der Waals surface area contributed by atoms with E-state index in [-0.39, 0.29) is 6.04 Å². The van der Waals surface area contributed by atoms with E-state index in [0.29, 0.717) is 11.9 Å². The summed E-state index contributed by atoms with van der Waals surface area (Å²) >= 11 is 0. The van der Waals surface area contributed by atoms with E-state index in [1.807, 2.05) is 0 Å². The average Bonchev–Trinajstić information content (AvgIpc) is 3.10. The maximum absolute atomic E-state index is 12.2. The molecule has 1 aliphatic carbocycles. The Labute approximate surface area is 92.2 Å². The summed E-state index contributed by atoms with van der Waals surface area (Å²) in [6, 6.07) is 0.687. The minimum Gasteiger partial charge on any atom is -0.338 e. The number of carbonyl (C=O) groups is 1. The van der Waals surface area contributed by atoms with Gasteiger partial charge in [-0.25, -0.2) is 0 Å². The molecular formula is C12H22N2O. The molecule has 1 aliphatic heterocycles. The molecule has 0 spiro atoms. The quantitative estimate of drug-likeness (QED) is 0.763. The van der Waals surface area contributed by atoms with Gasteiger partial charge >= 0.3 is 0 Å². The lowest BCUT2D eigenvalue weighted by Crippen LogP contribution is -2.49. The highest BCUT2D eigenvalue weighted by Gasteiger charge is 2.35. The molecule has 3 nitrogen and oxygen atoms in total. The van der Waals surface area contributed by atoms with Crippen LogP contribution in [0, 0.1) is 0 Å². The minimum atomic E-state index is 0.117.